The molecule has 0 saturated carbocycles. The number of aliphatic hydroxyl groups is 1. The fourth-order valence-corrected chi connectivity index (χ4v) is 4.35. The van der Waals surface area contributed by atoms with Crippen LogP contribution in [0.5, 0.6) is 0 Å². The van der Waals surface area contributed by atoms with Crippen molar-refractivity contribution >= 4 is 21.2 Å². The first-order valence-electron chi connectivity index (χ1n) is 6.47. The normalized spacial score (nSPS) is 13.2. The van der Waals surface area contributed by atoms with Crippen molar-refractivity contribution in [2.75, 3.05) is 12.3 Å². The molecule has 0 spiro atoms. The maximum absolute atomic E-state index is 13.0. The fraction of sp³-hybridized carbons (Fsp3) is 0.286. The summed E-state index contributed by atoms with van der Waals surface area (Å²) in [6, 6.07) is 6.61. The zero-order valence-corrected chi connectivity index (χ0v) is 13.1. The molecular formula is C14H15F2NO3S2. The molecule has 1 unspecified atom stereocenters. The Kier molecular flexibility index (Phi) is 5.63. The maximum Gasteiger partial charge on any atom is 0.190 e. The highest BCUT2D eigenvalue weighted by atomic mass is 32.2. The molecule has 0 bridgehead atoms. The smallest absolute Gasteiger partial charge is 0.190 e. The van der Waals surface area contributed by atoms with Gasteiger partial charge in [0.25, 0.3) is 0 Å². The number of sulfone groups is 1. The Labute approximate surface area is 131 Å². The van der Waals surface area contributed by atoms with E-state index in [4.69, 9.17) is 0 Å². The Balaban J connectivity index is 1.83. The highest BCUT2D eigenvalue weighted by Gasteiger charge is 2.20. The second-order valence-electron chi connectivity index (χ2n) is 4.75. The molecule has 1 aromatic carbocycles. The molecule has 0 radical (unpaired) electrons. The number of nitrogens with one attached hydrogen (secondary N) is 1. The predicted molar refractivity (Wildman–Crippen MR) is 80.4 cm³/mol. The van der Waals surface area contributed by atoms with Gasteiger partial charge in [-0.1, -0.05) is 12.1 Å². The zero-order valence-electron chi connectivity index (χ0n) is 11.5. The van der Waals surface area contributed by atoms with E-state index >= 15 is 0 Å². The SMILES string of the molecule is O=S(=O)(CC(O)CNCc1ccc(F)c(F)c1)c1cccs1. The Morgan fingerprint density at radius 1 is 1.23 bits per heavy atom. The molecule has 2 aromatic rings. The van der Waals surface area contributed by atoms with E-state index in [1.807, 2.05) is 0 Å². The van der Waals surface area contributed by atoms with Gasteiger partial charge >= 0.3 is 0 Å². The van der Waals surface area contributed by atoms with Crippen LogP contribution in [-0.4, -0.2) is 31.9 Å². The topological polar surface area (TPSA) is 66.4 Å². The summed E-state index contributed by atoms with van der Waals surface area (Å²) in [6.45, 7) is 0.233. The average molecular weight is 347 g/mol. The summed E-state index contributed by atoms with van der Waals surface area (Å²) >= 11 is 1.10. The standard InChI is InChI=1S/C14H15F2NO3S2/c15-12-4-3-10(6-13(12)16)7-17-8-11(18)9-22(19,20)14-2-1-5-21-14/h1-6,11,17-18H,7-9H2. The van der Waals surface area contributed by atoms with Crippen molar-refractivity contribution in [3.8, 4) is 0 Å². The van der Waals surface area contributed by atoms with Crippen LogP contribution in [0.3, 0.4) is 0 Å². The predicted octanol–water partition coefficient (Wildman–Crippen LogP) is 1.95. The fourth-order valence-electron chi connectivity index (χ4n) is 1.87. The summed E-state index contributed by atoms with van der Waals surface area (Å²) < 4.78 is 49.9. The minimum Gasteiger partial charge on any atom is -0.391 e. The van der Waals surface area contributed by atoms with Crippen LogP contribution in [0.25, 0.3) is 0 Å². The van der Waals surface area contributed by atoms with Gasteiger partial charge in [-0.15, -0.1) is 11.3 Å². The molecule has 120 valence electrons. The second kappa shape index (κ2) is 7.28. The molecule has 1 atom stereocenters. The number of aliphatic hydroxyl groups excluding tert-OH is 1. The van der Waals surface area contributed by atoms with Gasteiger partial charge in [-0.3, -0.25) is 0 Å². The summed E-state index contributed by atoms with van der Waals surface area (Å²) in [5.74, 6) is -2.26. The van der Waals surface area contributed by atoms with Gasteiger partial charge in [0.1, 0.15) is 4.21 Å². The van der Waals surface area contributed by atoms with Crippen LogP contribution in [0.4, 0.5) is 8.78 Å². The van der Waals surface area contributed by atoms with Crippen LogP contribution < -0.4 is 5.32 Å². The zero-order chi connectivity index (χ0) is 16.2. The molecule has 1 aromatic heterocycles. The van der Waals surface area contributed by atoms with Crippen LogP contribution >= 0.6 is 11.3 Å². The molecule has 2 N–H and O–H groups in total. The monoisotopic (exact) mass is 347 g/mol. The van der Waals surface area contributed by atoms with Gasteiger partial charge in [-0.25, -0.2) is 17.2 Å². The van der Waals surface area contributed by atoms with Crippen LogP contribution in [0, 0.1) is 11.6 Å². The van der Waals surface area contributed by atoms with Crippen molar-refractivity contribution in [1.82, 2.24) is 5.32 Å². The van der Waals surface area contributed by atoms with Gasteiger partial charge in [-0.2, -0.15) is 0 Å². The molecular weight excluding hydrogens is 332 g/mol. The molecule has 8 heteroatoms. The quantitative estimate of drug-likeness (QED) is 0.803. The largest absolute Gasteiger partial charge is 0.391 e. The molecule has 0 aliphatic rings. The van der Waals surface area contributed by atoms with Gasteiger partial charge < -0.3 is 10.4 Å². The lowest BCUT2D eigenvalue weighted by atomic mass is 10.2. The number of hydrogen-bond acceptors (Lipinski definition) is 5. The number of hydrogen-bond donors (Lipinski definition) is 2. The van der Waals surface area contributed by atoms with Gasteiger partial charge in [-0.05, 0) is 29.1 Å². The van der Waals surface area contributed by atoms with E-state index < -0.39 is 33.3 Å². The Bertz CT molecular complexity index is 718. The first kappa shape index (κ1) is 17.0. The van der Waals surface area contributed by atoms with Crippen molar-refractivity contribution in [2.24, 2.45) is 0 Å². The lowest BCUT2D eigenvalue weighted by molar-refractivity contribution is 0.193. The van der Waals surface area contributed by atoms with Crippen molar-refractivity contribution in [2.45, 2.75) is 16.9 Å². The average Bonchev–Trinajstić information content (AvgIpc) is 2.97. The van der Waals surface area contributed by atoms with Gasteiger partial charge in [0.2, 0.25) is 0 Å². The minimum atomic E-state index is -3.50. The third-order valence-corrected chi connectivity index (χ3v) is 6.19. The molecule has 0 aliphatic carbocycles. The second-order valence-corrected chi connectivity index (χ2v) is 7.96. The number of thiophene rings is 1. The van der Waals surface area contributed by atoms with Crippen LogP contribution in [0.15, 0.2) is 39.9 Å². The Morgan fingerprint density at radius 2 is 2.00 bits per heavy atom. The molecule has 0 fully saturated rings. The first-order valence-corrected chi connectivity index (χ1v) is 9.00. The van der Waals surface area contributed by atoms with E-state index in [0.717, 1.165) is 23.5 Å². The Hall–Kier alpha value is -1.35. The number of halogens is 2. The van der Waals surface area contributed by atoms with Gasteiger partial charge in [0.15, 0.2) is 21.5 Å². The lowest BCUT2D eigenvalue weighted by Crippen LogP contribution is -2.32. The molecule has 0 saturated heterocycles. The first-order chi connectivity index (χ1) is 10.4. The van der Waals surface area contributed by atoms with Gasteiger partial charge in [0.05, 0.1) is 11.9 Å². The van der Waals surface area contributed by atoms with Crippen molar-refractivity contribution in [3.05, 3.63) is 52.9 Å². The summed E-state index contributed by atoms with van der Waals surface area (Å²) in [5, 5.41) is 14.3. The molecule has 0 amide bonds. The summed E-state index contributed by atoms with van der Waals surface area (Å²) in [4.78, 5) is 0. The molecule has 0 aliphatic heterocycles. The third-order valence-electron chi connectivity index (χ3n) is 2.91. The van der Waals surface area contributed by atoms with E-state index in [1.54, 1.807) is 11.4 Å². The molecule has 1 heterocycles. The molecule has 22 heavy (non-hydrogen) atoms. The van der Waals surface area contributed by atoms with E-state index in [0.29, 0.717) is 5.56 Å². The minimum absolute atomic E-state index is 0.0313. The van der Waals surface area contributed by atoms with E-state index in [-0.39, 0.29) is 17.3 Å². The van der Waals surface area contributed by atoms with E-state index in [2.05, 4.69) is 5.32 Å². The summed E-state index contributed by atoms with van der Waals surface area (Å²) in [6.07, 6.45) is -1.09. The highest BCUT2D eigenvalue weighted by molar-refractivity contribution is 7.93. The van der Waals surface area contributed by atoms with Crippen LogP contribution in [0.2, 0.25) is 0 Å². The molecule has 4 nitrogen and oxygen atoms in total. The maximum atomic E-state index is 13.0. The Morgan fingerprint density at radius 3 is 2.64 bits per heavy atom. The summed E-state index contributed by atoms with van der Waals surface area (Å²) in [5.41, 5.74) is 0.507. The molecule has 2 rings (SSSR count). The number of rotatable bonds is 7. The van der Waals surface area contributed by atoms with Crippen LogP contribution in [0.1, 0.15) is 5.56 Å². The van der Waals surface area contributed by atoms with Crippen molar-refractivity contribution in [1.29, 1.82) is 0 Å². The highest BCUT2D eigenvalue weighted by Crippen LogP contribution is 2.18. The van der Waals surface area contributed by atoms with Crippen molar-refractivity contribution in [3.63, 3.8) is 0 Å². The van der Waals surface area contributed by atoms with Crippen molar-refractivity contribution < 1.29 is 22.3 Å². The van der Waals surface area contributed by atoms with E-state index in [1.165, 1.54) is 12.1 Å². The van der Waals surface area contributed by atoms with E-state index in [9.17, 15) is 22.3 Å². The summed E-state index contributed by atoms with van der Waals surface area (Å²) in [7, 11) is -3.50. The lowest BCUT2D eigenvalue weighted by Gasteiger charge is -2.12. The van der Waals surface area contributed by atoms with Crippen LogP contribution in [-0.2, 0) is 16.4 Å². The van der Waals surface area contributed by atoms with Gasteiger partial charge in [0, 0.05) is 13.1 Å². The third kappa shape index (κ3) is 4.57. The number of benzene rings is 1.